The Kier molecular flexibility index (Phi) is 17.7. The summed E-state index contributed by atoms with van der Waals surface area (Å²) in [6.45, 7) is 16.4. The zero-order valence-corrected chi connectivity index (χ0v) is 41.9. The molecule has 0 amide bonds. The molecule has 2 unspecified atom stereocenters. The number of benzene rings is 1. The number of rotatable bonds is 12. The molecule has 1 aromatic heterocycles. The summed E-state index contributed by atoms with van der Waals surface area (Å²) in [4.78, 5) is 29.3. The fourth-order valence-electron chi connectivity index (χ4n) is 10.3. The maximum atomic E-state index is 14.5. The highest BCUT2D eigenvalue weighted by Gasteiger charge is 2.53. The summed E-state index contributed by atoms with van der Waals surface area (Å²) in [5.41, 5.74) is -4.65. The topological polar surface area (TPSA) is 235 Å². The molecule has 2 saturated heterocycles. The molecule has 3 aliphatic heterocycles. The normalized spacial score (nSPS) is 40.6. The summed E-state index contributed by atoms with van der Waals surface area (Å²) in [6.07, 6.45) is -10.3. The molecule has 2 aromatic rings. The molecule has 380 valence electrons. The second kappa shape index (κ2) is 21.7. The van der Waals surface area contributed by atoms with Gasteiger partial charge in [0.2, 0.25) is 0 Å². The summed E-state index contributed by atoms with van der Waals surface area (Å²) in [7, 11) is 8.11. The Balaban J connectivity index is 1.69. The van der Waals surface area contributed by atoms with Gasteiger partial charge in [-0.25, -0.2) is 4.79 Å². The van der Waals surface area contributed by atoms with Gasteiger partial charge in [-0.15, -0.1) is 0 Å². The van der Waals surface area contributed by atoms with Crippen LogP contribution in [0.2, 0.25) is 0 Å². The summed E-state index contributed by atoms with van der Waals surface area (Å²) < 4.78 is 61.1. The molecule has 0 bridgehead atoms. The number of aliphatic hydroxyl groups is 5. The van der Waals surface area contributed by atoms with E-state index in [4.69, 9.17) is 47.0 Å². The van der Waals surface area contributed by atoms with Gasteiger partial charge in [0.05, 0.1) is 61.9 Å². The molecule has 17 atom stereocenters. The van der Waals surface area contributed by atoms with Crippen molar-refractivity contribution in [1.82, 2.24) is 4.90 Å². The van der Waals surface area contributed by atoms with Crippen LogP contribution in [0.4, 0.5) is 0 Å². The van der Waals surface area contributed by atoms with Crippen LogP contribution in [0, 0.1) is 17.8 Å². The van der Waals surface area contributed by atoms with E-state index in [2.05, 4.69) is 0 Å². The fraction of sp³-hybridized carbons (Fsp3) is 0.755. The maximum Gasteiger partial charge on any atom is 0.336 e. The van der Waals surface area contributed by atoms with E-state index in [1.165, 1.54) is 40.4 Å². The predicted octanol–water partition coefficient (Wildman–Crippen LogP) is 4.19. The van der Waals surface area contributed by atoms with Gasteiger partial charge in [0.25, 0.3) is 0 Å². The molecule has 0 spiro atoms. The molecule has 5 N–H and O–H groups in total. The number of nitrogens with zero attached hydrogens (tertiary/aromatic N) is 1. The largest absolute Gasteiger partial charge is 0.493 e. The highest BCUT2D eigenvalue weighted by molar-refractivity contribution is 5.84. The van der Waals surface area contributed by atoms with Crippen LogP contribution < -0.4 is 15.1 Å². The Bertz CT molecular complexity index is 2090. The Morgan fingerprint density at radius 3 is 2.10 bits per heavy atom. The van der Waals surface area contributed by atoms with E-state index in [1.54, 1.807) is 61.5 Å². The third-order valence-electron chi connectivity index (χ3n) is 14.3. The lowest BCUT2D eigenvalue weighted by molar-refractivity contribution is -0.317. The number of aliphatic hydroxyl groups excluding tert-OH is 3. The van der Waals surface area contributed by atoms with E-state index in [-0.39, 0.29) is 49.4 Å². The number of likely N-dealkylation sites (N-methyl/N-ethyl adjacent to an activating group) is 1. The molecular formula is C49H77NO17. The predicted molar refractivity (Wildman–Crippen MR) is 245 cm³/mol. The van der Waals surface area contributed by atoms with Crippen molar-refractivity contribution >= 4 is 16.9 Å². The Morgan fingerprint density at radius 1 is 0.866 bits per heavy atom. The average Bonchev–Trinajstić information content (AvgIpc) is 3.26. The number of esters is 1. The summed E-state index contributed by atoms with van der Waals surface area (Å²) in [6, 6.07) is 4.10. The van der Waals surface area contributed by atoms with Crippen LogP contribution >= 0.6 is 0 Å². The third-order valence-corrected chi connectivity index (χ3v) is 14.3. The van der Waals surface area contributed by atoms with Crippen molar-refractivity contribution in [2.75, 3.05) is 35.4 Å². The van der Waals surface area contributed by atoms with Crippen LogP contribution in [-0.2, 0) is 44.6 Å². The molecule has 67 heavy (non-hydrogen) atoms. The number of carbonyl (C=O) groups is 1. The van der Waals surface area contributed by atoms with E-state index >= 15 is 0 Å². The monoisotopic (exact) mass is 952 g/mol. The zero-order valence-electron chi connectivity index (χ0n) is 41.9. The molecular weight excluding hydrogens is 875 g/mol. The highest BCUT2D eigenvalue weighted by Crippen LogP contribution is 2.42. The van der Waals surface area contributed by atoms with Crippen molar-refractivity contribution in [1.29, 1.82) is 0 Å². The standard InChI is InChI=1S/C49H77NO17/c1-16-36-49(10,57)42(53)26(4)40(61-23-30-18-37(51)64-33-20-35(59-14)34(58-13)19-31(30)33)24(2)21-47(8,56)44(67-46-39(52)32(50(11)12)17-25(3)62-46)27(5)41(28(6)45(55)65-36)66-38-22-48(9,60-15)43(54)29(7)63-38/h18-20,25-29,32,36,38-39,41-44,46,52-54,56-57H,16-17,21-23H2,1-15H3/b40-24+/t25-,26+,27+,28-,29+,32+,36-,38?,39-,41+,42-,43+,44-,46?,47-,48-,49-/m1/s1. The van der Waals surface area contributed by atoms with E-state index < -0.39 is 101 Å². The molecule has 18 nitrogen and oxygen atoms in total. The van der Waals surface area contributed by atoms with Gasteiger partial charge in [-0.3, -0.25) is 4.79 Å². The lowest BCUT2D eigenvalue weighted by atomic mass is 9.77. The van der Waals surface area contributed by atoms with Gasteiger partial charge in [-0.1, -0.05) is 20.8 Å². The molecule has 18 heteroatoms. The number of ether oxygens (including phenoxy) is 9. The average molecular weight is 952 g/mol. The van der Waals surface area contributed by atoms with Gasteiger partial charge in [0, 0.05) is 60.9 Å². The van der Waals surface area contributed by atoms with Gasteiger partial charge < -0.3 is 77.5 Å². The molecule has 3 aliphatic rings. The molecule has 0 saturated carbocycles. The van der Waals surface area contributed by atoms with Crippen molar-refractivity contribution in [3.05, 3.63) is 45.5 Å². The van der Waals surface area contributed by atoms with E-state index in [1.807, 2.05) is 25.9 Å². The Labute approximate surface area is 394 Å². The van der Waals surface area contributed by atoms with Crippen molar-refractivity contribution in [3.63, 3.8) is 0 Å². The van der Waals surface area contributed by atoms with Crippen molar-refractivity contribution in [3.8, 4) is 11.5 Å². The van der Waals surface area contributed by atoms with Crippen LogP contribution in [-0.4, -0.2) is 156 Å². The van der Waals surface area contributed by atoms with Crippen molar-refractivity contribution in [2.24, 2.45) is 17.8 Å². The molecule has 5 rings (SSSR count). The minimum atomic E-state index is -2.06. The first-order valence-corrected chi connectivity index (χ1v) is 23.3. The fourth-order valence-corrected chi connectivity index (χ4v) is 10.3. The summed E-state index contributed by atoms with van der Waals surface area (Å²) in [5, 5.41) is 60.8. The second-order valence-corrected chi connectivity index (χ2v) is 19.9. The SMILES string of the molecule is CC[C@H]1OC(=O)[C@H](C)[C@@H](OC2C[C@@](C)(OC)[C@@H](O)[C@H](C)O2)[C@H](C)[C@@H](OC2O[C@H](C)C[C@H](N(C)C)[C@H]2O)[C@](C)(O)C/C(C)=C(/OCc2cc(=O)oc3cc(OC)c(OC)cc23)[C@H](C)[C@@H](O)[C@]1(C)O. The van der Waals surface area contributed by atoms with Crippen LogP contribution in [0.1, 0.15) is 100 Å². The molecule has 1 aromatic carbocycles. The third kappa shape index (κ3) is 11.6. The number of cyclic esters (lactones) is 1. The van der Waals surface area contributed by atoms with Gasteiger partial charge in [-0.2, -0.15) is 0 Å². The minimum absolute atomic E-state index is 0.0618. The van der Waals surface area contributed by atoms with E-state index in [0.29, 0.717) is 34.4 Å². The number of carbonyl (C=O) groups excluding carboxylic acids is 1. The molecule has 2 fully saturated rings. The number of methoxy groups -OCH3 is 3. The molecule has 0 radical (unpaired) electrons. The van der Waals surface area contributed by atoms with Gasteiger partial charge in [-0.05, 0) is 87.0 Å². The number of hydrogen-bond donors (Lipinski definition) is 5. The van der Waals surface area contributed by atoms with Crippen LogP contribution in [0.5, 0.6) is 11.5 Å². The minimum Gasteiger partial charge on any atom is -0.493 e. The van der Waals surface area contributed by atoms with E-state index in [0.717, 1.165) is 0 Å². The number of hydrogen-bond acceptors (Lipinski definition) is 18. The van der Waals surface area contributed by atoms with Gasteiger partial charge in [0.15, 0.2) is 24.1 Å². The summed E-state index contributed by atoms with van der Waals surface area (Å²) >= 11 is 0. The zero-order chi connectivity index (χ0) is 50.1. The van der Waals surface area contributed by atoms with Crippen LogP contribution in [0.3, 0.4) is 0 Å². The van der Waals surface area contributed by atoms with Crippen molar-refractivity contribution in [2.45, 2.75) is 186 Å². The first-order chi connectivity index (χ1) is 31.2. The lowest BCUT2D eigenvalue weighted by Gasteiger charge is -2.49. The Hall–Kier alpha value is -3.40. The second-order valence-electron chi connectivity index (χ2n) is 19.9. The molecule has 4 heterocycles. The molecule has 0 aliphatic carbocycles. The highest BCUT2D eigenvalue weighted by atomic mass is 16.7. The van der Waals surface area contributed by atoms with E-state index in [9.17, 15) is 35.1 Å². The lowest BCUT2D eigenvalue weighted by Crippen LogP contribution is -2.60. The van der Waals surface area contributed by atoms with Crippen LogP contribution in [0.25, 0.3) is 11.0 Å². The van der Waals surface area contributed by atoms with Gasteiger partial charge >= 0.3 is 11.6 Å². The Morgan fingerprint density at radius 2 is 1.51 bits per heavy atom. The maximum absolute atomic E-state index is 14.5. The van der Waals surface area contributed by atoms with Gasteiger partial charge in [0.1, 0.15) is 41.9 Å². The quantitative estimate of drug-likeness (QED) is 0.148. The van der Waals surface area contributed by atoms with Crippen molar-refractivity contribution < 1.29 is 77.4 Å². The van der Waals surface area contributed by atoms with Crippen LogP contribution in [0.15, 0.2) is 38.7 Å². The number of fused-ring (bicyclic) bond motifs is 1. The first-order valence-electron chi connectivity index (χ1n) is 23.3. The smallest absolute Gasteiger partial charge is 0.336 e. The first kappa shape index (κ1) is 54.5. The summed E-state index contributed by atoms with van der Waals surface area (Å²) in [5.74, 6) is -2.93.